The summed E-state index contributed by atoms with van der Waals surface area (Å²) in [6.07, 6.45) is -2.68. The molecule has 1 unspecified atom stereocenters. The molecule has 0 aromatic carbocycles. The van der Waals surface area contributed by atoms with Gasteiger partial charge in [0.05, 0.1) is 13.2 Å². The zero-order chi connectivity index (χ0) is 21.8. The largest absolute Gasteiger partial charge is 0.465 e. The molecule has 9 nitrogen and oxygen atoms in total. The Hall–Kier alpha value is -1.26. The molecule has 3 aliphatic heterocycles. The monoisotopic (exact) mass is 416 g/mol. The van der Waals surface area contributed by atoms with Crippen LogP contribution in [-0.2, 0) is 42.7 Å². The van der Waals surface area contributed by atoms with Crippen LogP contribution in [0.15, 0.2) is 0 Å². The van der Waals surface area contributed by atoms with Crippen molar-refractivity contribution in [3.8, 4) is 0 Å². The van der Waals surface area contributed by atoms with E-state index in [0.29, 0.717) is 0 Å². The van der Waals surface area contributed by atoms with Crippen molar-refractivity contribution in [1.82, 2.24) is 0 Å². The van der Waals surface area contributed by atoms with Crippen LogP contribution in [0, 0.1) is 5.41 Å². The van der Waals surface area contributed by atoms with Crippen LogP contribution in [0.5, 0.6) is 0 Å². The fourth-order valence-electron chi connectivity index (χ4n) is 4.20. The molecule has 29 heavy (non-hydrogen) atoms. The predicted octanol–water partition coefficient (Wildman–Crippen LogP) is 1.91. The first-order valence-corrected chi connectivity index (χ1v) is 9.97. The number of carbonyl (C=O) groups is 2. The van der Waals surface area contributed by atoms with E-state index in [2.05, 4.69) is 0 Å². The highest BCUT2D eigenvalue weighted by Gasteiger charge is 2.74. The molecule has 3 heterocycles. The van der Waals surface area contributed by atoms with Crippen molar-refractivity contribution in [3.05, 3.63) is 0 Å². The van der Waals surface area contributed by atoms with E-state index in [9.17, 15) is 9.59 Å². The molecule has 3 rings (SSSR count). The van der Waals surface area contributed by atoms with Crippen LogP contribution in [0.2, 0.25) is 0 Å². The fraction of sp³-hybridized carbons (Fsp3) is 0.900. The van der Waals surface area contributed by atoms with Gasteiger partial charge in [-0.3, -0.25) is 9.59 Å². The van der Waals surface area contributed by atoms with Crippen LogP contribution in [0.4, 0.5) is 0 Å². The molecule has 9 heteroatoms. The van der Waals surface area contributed by atoms with Gasteiger partial charge < -0.3 is 33.2 Å². The van der Waals surface area contributed by atoms with Crippen LogP contribution >= 0.6 is 0 Å². The second kappa shape index (κ2) is 7.16. The summed E-state index contributed by atoms with van der Waals surface area (Å²) >= 11 is 0. The van der Waals surface area contributed by atoms with E-state index in [-0.39, 0.29) is 13.2 Å². The second-order valence-corrected chi connectivity index (χ2v) is 9.08. The van der Waals surface area contributed by atoms with Gasteiger partial charge in [0.2, 0.25) is 0 Å². The molecule has 0 aromatic heterocycles. The first-order valence-electron chi connectivity index (χ1n) is 9.97. The molecule has 0 N–H and O–H groups in total. The van der Waals surface area contributed by atoms with Gasteiger partial charge in [-0.25, -0.2) is 0 Å². The highest BCUT2D eigenvalue weighted by atomic mass is 16.8. The highest BCUT2D eigenvalue weighted by molar-refractivity contribution is 5.78. The number of hydrogen-bond donors (Lipinski definition) is 0. The average Bonchev–Trinajstić information content (AvgIpc) is 3.17. The molecule has 0 spiro atoms. The summed E-state index contributed by atoms with van der Waals surface area (Å²) in [5.41, 5.74) is -1.38. The lowest BCUT2D eigenvalue weighted by Gasteiger charge is -2.43. The summed E-state index contributed by atoms with van der Waals surface area (Å²) in [4.78, 5) is 25.0. The lowest BCUT2D eigenvalue weighted by Crippen LogP contribution is -2.60. The molecule has 0 aliphatic carbocycles. The van der Waals surface area contributed by atoms with E-state index in [4.69, 9.17) is 33.2 Å². The lowest BCUT2D eigenvalue weighted by molar-refractivity contribution is -0.323. The van der Waals surface area contributed by atoms with Gasteiger partial charge >= 0.3 is 11.9 Å². The third-order valence-electron chi connectivity index (χ3n) is 5.49. The van der Waals surface area contributed by atoms with Gasteiger partial charge in [0.1, 0.15) is 23.7 Å². The quantitative estimate of drug-likeness (QED) is 0.622. The number of esters is 2. The molecule has 0 aromatic rings. The maximum atomic E-state index is 12.9. The SMILES string of the molecule is CCOC(=O)C(C)(C)C1(OC(C)=O)O[C@H]([C@H]2COC(C)(C)O2)[C@@H]2OC(C)(C)O[C@@H]21. The van der Waals surface area contributed by atoms with Crippen molar-refractivity contribution in [2.75, 3.05) is 13.2 Å². The molecule has 166 valence electrons. The Morgan fingerprint density at radius 3 is 2.17 bits per heavy atom. The predicted molar refractivity (Wildman–Crippen MR) is 98.5 cm³/mol. The van der Waals surface area contributed by atoms with E-state index < -0.39 is 59.1 Å². The Morgan fingerprint density at radius 2 is 1.66 bits per heavy atom. The Bertz CT molecular complexity index is 671. The van der Waals surface area contributed by atoms with Gasteiger partial charge in [0.15, 0.2) is 17.7 Å². The van der Waals surface area contributed by atoms with E-state index in [1.807, 2.05) is 0 Å². The Balaban J connectivity index is 2.05. The Labute approximate surface area is 171 Å². The third-order valence-corrected chi connectivity index (χ3v) is 5.49. The molecular weight excluding hydrogens is 384 g/mol. The summed E-state index contributed by atoms with van der Waals surface area (Å²) in [5.74, 6) is -4.70. The molecule has 0 radical (unpaired) electrons. The van der Waals surface area contributed by atoms with Crippen molar-refractivity contribution in [3.63, 3.8) is 0 Å². The van der Waals surface area contributed by atoms with Crippen LogP contribution < -0.4 is 0 Å². The second-order valence-electron chi connectivity index (χ2n) is 9.08. The summed E-state index contributed by atoms with van der Waals surface area (Å²) in [6, 6.07) is 0. The minimum atomic E-state index is -1.76. The molecule has 3 aliphatic rings. The third kappa shape index (κ3) is 3.79. The summed E-state index contributed by atoms with van der Waals surface area (Å²) in [7, 11) is 0. The minimum absolute atomic E-state index is 0.173. The van der Waals surface area contributed by atoms with E-state index in [1.165, 1.54) is 6.92 Å². The number of rotatable bonds is 5. The fourth-order valence-corrected chi connectivity index (χ4v) is 4.20. The Kier molecular flexibility index (Phi) is 5.54. The van der Waals surface area contributed by atoms with Crippen molar-refractivity contribution >= 4 is 11.9 Å². The summed E-state index contributed by atoms with van der Waals surface area (Å²) < 4.78 is 41.2. The van der Waals surface area contributed by atoms with Crippen molar-refractivity contribution in [1.29, 1.82) is 0 Å². The van der Waals surface area contributed by atoms with Crippen LogP contribution in [0.1, 0.15) is 55.4 Å². The van der Waals surface area contributed by atoms with Crippen LogP contribution in [0.3, 0.4) is 0 Å². The molecule has 3 fully saturated rings. The van der Waals surface area contributed by atoms with E-state index in [1.54, 1.807) is 48.5 Å². The van der Waals surface area contributed by atoms with Crippen LogP contribution in [0.25, 0.3) is 0 Å². The smallest absolute Gasteiger partial charge is 0.318 e. The molecule has 5 atom stereocenters. The van der Waals surface area contributed by atoms with Gasteiger partial charge in [-0.05, 0) is 48.5 Å². The average molecular weight is 416 g/mol. The lowest BCUT2D eigenvalue weighted by atomic mass is 9.79. The highest BCUT2D eigenvalue weighted by Crippen LogP contribution is 2.54. The minimum Gasteiger partial charge on any atom is -0.465 e. The first kappa shape index (κ1) is 22.4. The van der Waals surface area contributed by atoms with Gasteiger partial charge in [0.25, 0.3) is 5.79 Å². The number of fused-ring (bicyclic) bond motifs is 1. The topological polar surface area (TPSA) is 98.8 Å². The van der Waals surface area contributed by atoms with Gasteiger partial charge in [0, 0.05) is 6.92 Å². The number of ether oxygens (including phenoxy) is 7. The normalized spacial score (nSPS) is 37.9. The molecule has 3 saturated heterocycles. The van der Waals surface area contributed by atoms with Gasteiger partial charge in [-0.15, -0.1) is 0 Å². The van der Waals surface area contributed by atoms with E-state index in [0.717, 1.165) is 0 Å². The molecule has 0 saturated carbocycles. The maximum Gasteiger partial charge on any atom is 0.318 e. The maximum absolute atomic E-state index is 12.9. The van der Waals surface area contributed by atoms with E-state index >= 15 is 0 Å². The zero-order valence-corrected chi connectivity index (χ0v) is 18.4. The van der Waals surface area contributed by atoms with Crippen molar-refractivity contribution in [2.45, 2.75) is 97.2 Å². The zero-order valence-electron chi connectivity index (χ0n) is 18.4. The van der Waals surface area contributed by atoms with Crippen molar-refractivity contribution < 1.29 is 42.7 Å². The van der Waals surface area contributed by atoms with Crippen LogP contribution in [-0.4, -0.2) is 66.9 Å². The number of carbonyl (C=O) groups excluding carboxylic acids is 2. The first-order chi connectivity index (χ1) is 13.2. The number of hydrogen-bond acceptors (Lipinski definition) is 9. The van der Waals surface area contributed by atoms with Gasteiger partial charge in [-0.2, -0.15) is 0 Å². The van der Waals surface area contributed by atoms with Crippen molar-refractivity contribution in [2.24, 2.45) is 5.41 Å². The molecule has 0 bridgehead atoms. The Morgan fingerprint density at radius 1 is 1.00 bits per heavy atom. The summed E-state index contributed by atoms with van der Waals surface area (Å²) in [5, 5.41) is 0. The standard InChI is InChI=1S/C20H32O9/c1-9-23-16(22)17(3,4)20(25-11(2)21)15-14(27-19(7,8)29-15)13(28-20)12-10-24-18(5,6)26-12/h12-15H,9-10H2,1-8H3/t12-,13-,14+,15+,20?/m1/s1. The summed E-state index contributed by atoms with van der Waals surface area (Å²) in [6.45, 7) is 13.7. The van der Waals surface area contributed by atoms with Gasteiger partial charge in [-0.1, -0.05) is 0 Å². The molecular formula is C20H32O9. The molecule has 0 amide bonds.